The van der Waals surface area contributed by atoms with Crippen LogP contribution in [0.1, 0.15) is 105 Å². The largest absolute Gasteiger partial charge is 0.103 e. The third-order valence-corrected chi connectivity index (χ3v) is 7.04. The van der Waals surface area contributed by atoms with Crippen LogP contribution in [0.5, 0.6) is 0 Å². The van der Waals surface area contributed by atoms with Gasteiger partial charge in [-0.1, -0.05) is 130 Å². The summed E-state index contributed by atoms with van der Waals surface area (Å²) in [6.07, 6.45) is 0. The zero-order valence-corrected chi connectivity index (χ0v) is 22.2. The van der Waals surface area contributed by atoms with E-state index in [0.29, 0.717) is 0 Å². The maximum Gasteiger partial charge on any atom is 0.103 e. The highest BCUT2D eigenvalue weighted by Crippen LogP contribution is 2.29. The van der Waals surface area contributed by atoms with Gasteiger partial charge in [0.2, 0.25) is 0 Å². The number of hydrogen-bond acceptors (Lipinski definition) is 0. The van der Waals surface area contributed by atoms with Gasteiger partial charge in [-0.2, -0.15) is 0 Å². The lowest BCUT2D eigenvalue weighted by Crippen LogP contribution is -2.32. The van der Waals surface area contributed by atoms with E-state index in [4.69, 9.17) is 0 Å². The van der Waals surface area contributed by atoms with Crippen LogP contribution in [0.4, 0.5) is 0 Å². The van der Waals surface area contributed by atoms with Crippen LogP contribution in [0.15, 0.2) is 36.4 Å². The molecule has 0 aliphatic carbocycles. The van der Waals surface area contributed by atoms with Gasteiger partial charge in [-0.25, -0.2) is 0 Å². The highest BCUT2D eigenvalue weighted by Gasteiger charge is 2.23. The van der Waals surface area contributed by atoms with Gasteiger partial charge in [-0.3, -0.25) is 0 Å². The van der Waals surface area contributed by atoms with Crippen LogP contribution in [-0.2, 0) is 21.7 Å². The van der Waals surface area contributed by atoms with Gasteiger partial charge in [-0.15, -0.1) is 0 Å². The van der Waals surface area contributed by atoms with Crippen LogP contribution in [0.3, 0.4) is 0 Å². The molecular weight excluding hydrogens is 364 g/mol. The summed E-state index contributed by atoms with van der Waals surface area (Å²) < 4.78 is 0. The molecule has 0 heterocycles. The van der Waals surface area contributed by atoms with E-state index in [-0.39, 0.29) is 31.2 Å². The predicted octanol–water partition coefficient (Wildman–Crippen LogP) is 6.26. The van der Waals surface area contributed by atoms with E-state index in [1.807, 2.05) is 0 Å². The van der Waals surface area contributed by atoms with Gasteiger partial charge in [0, 0.05) is 0 Å². The lowest BCUT2D eigenvalue weighted by molar-refractivity contribution is 0.569. The second kappa shape index (κ2) is 7.73. The first-order chi connectivity index (χ1) is 12.9. The van der Waals surface area contributed by atoms with E-state index >= 15 is 0 Å². The predicted molar refractivity (Wildman–Crippen MR) is 134 cm³/mol. The standard InChI is InChI=1S/C28H43Si/c1-25(2,3)19-13-20(26(4,5)6)16-23(15-19)29-24-17-21(27(7,8)9)14-22(18-24)28(10,11)12/h13-18,29H,1-12H3. The zero-order valence-electron chi connectivity index (χ0n) is 21.0. The second-order valence-electron chi connectivity index (χ2n) is 12.8. The number of hydrogen-bond donors (Lipinski definition) is 0. The highest BCUT2D eigenvalue weighted by atomic mass is 28.2. The summed E-state index contributed by atoms with van der Waals surface area (Å²) in [6, 6.07) is 14.7. The smallest absolute Gasteiger partial charge is 0.0594 e. The Balaban J connectivity index is 2.61. The minimum Gasteiger partial charge on any atom is -0.0594 e. The Hall–Kier alpha value is -1.34. The molecule has 0 spiro atoms. The topological polar surface area (TPSA) is 0 Å². The van der Waals surface area contributed by atoms with Crippen molar-refractivity contribution in [2.24, 2.45) is 0 Å². The number of benzene rings is 2. The van der Waals surface area contributed by atoms with Crippen LogP contribution in [0.25, 0.3) is 0 Å². The average molecular weight is 408 g/mol. The van der Waals surface area contributed by atoms with Crippen molar-refractivity contribution in [2.75, 3.05) is 0 Å². The molecule has 0 nitrogen and oxygen atoms in total. The lowest BCUT2D eigenvalue weighted by Gasteiger charge is -2.27. The summed E-state index contributed by atoms with van der Waals surface area (Å²) in [7, 11) is 0.0635. The van der Waals surface area contributed by atoms with Crippen molar-refractivity contribution in [3.8, 4) is 0 Å². The van der Waals surface area contributed by atoms with E-state index in [0.717, 1.165) is 0 Å². The van der Waals surface area contributed by atoms with Crippen LogP contribution in [0.2, 0.25) is 0 Å². The maximum absolute atomic E-state index is 2.46. The SMILES string of the molecule is CC(C)(C)c1cc([SiH]c2cc(C(C)(C)C)cc(C(C)(C)C)c2)cc(C(C)(C)C)c1. The Labute approximate surface area is 183 Å². The summed E-state index contributed by atoms with van der Waals surface area (Å²) in [5.74, 6) is 0. The van der Waals surface area contributed by atoms with Crippen LogP contribution < -0.4 is 10.4 Å². The van der Waals surface area contributed by atoms with Crippen molar-refractivity contribution >= 4 is 19.9 Å². The molecule has 2 rings (SSSR count). The molecule has 2 aromatic carbocycles. The molecule has 1 radical (unpaired) electrons. The van der Waals surface area contributed by atoms with E-state index in [1.54, 1.807) is 0 Å². The Kier molecular flexibility index (Phi) is 6.38. The minimum atomic E-state index is 0.0635. The summed E-state index contributed by atoms with van der Waals surface area (Å²) in [5, 5.41) is 3.02. The van der Waals surface area contributed by atoms with Crippen molar-refractivity contribution in [3.05, 3.63) is 58.7 Å². The molecule has 29 heavy (non-hydrogen) atoms. The molecule has 0 aromatic heterocycles. The van der Waals surface area contributed by atoms with Crippen LogP contribution in [-0.4, -0.2) is 9.52 Å². The fourth-order valence-electron chi connectivity index (χ4n) is 3.39. The third-order valence-electron chi connectivity index (χ3n) is 5.71. The summed E-state index contributed by atoms with van der Waals surface area (Å²) in [5.41, 5.74) is 6.48. The third kappa shape index (κ3) is 6.32. The monoisotopic (exact) mass is 407 g/mol. The molecule has 0 saturated heterocycles. The van der Waals surface area contributed by atoms with Crippen molar-refractivity contribution in [3.63, 3.8) is 0 Å². The lowest BCUT2D eigenvalue weighted by atomic mass is 9.81. The fraction of sp³-hybridized carbons (Fsp3) is 0.571. The summed E-state index contributed by atoms with van der Waals surface area (Å²) in [4.78, 5) is 0. The van der Waals surface area contributed by atoms with Crippen LogP contribution in [0, 0.1) is 0 Å². The fourth-order valence-corrected chi connectivity index (χ4v) is 4.83. The van der Waals surface area contributed by atoms with Gasteiger partial charge in [0.05, 0.1) is 0 Å². The van der Waals surface area contributed by atoms with E-state index in [9.17, 15) is 0 Å². The second-order valence-corrected chi connectivity index (χ2v) is 14.5. The molecule has 1 heteroatoms. The quantitative estimate of drug-likeness (QED) is 0.515. The summed E-state index contributed by atoms with van der Waals surface area (Å²) in [6.45, 7) is 27.9. The molecule has 0 unspecified atom stereocenters. The molecular formula is C28H43Si. The van der Waals surface area contributed by atoms with Crippen molar-refractivity contribution in [1.82, 2.24) is 0 Å². The maximum atomic E-state index is 2.46. The van der Waals surface area contributed by atoms with Crippen molar-refractivity contribution in [1.29, 1.82) is 0 Å². The van der Waals surface area contributed by atoms with Gasteiger partial charge in [0.25, 0.3) is 0 Å². The Morgan fingerprint density at radius 3 is 0.759 bits per heavy atom. The minimum absolute atomic E-state index is 0.0635. The van der Waals surface area contributed by atoms with E-state index < -0.39 is 0 Å². The van der Waals surface area contributed by atoms with Gasteiger partial charge < -0.3 is 0 Å². The van der Waals surface area contributed by atoms with Gasteiger partial charge in [-0.05, 0) is 43.9 Å². The highest BCUT2D eigenvalue weighted by molar-refractivity contribution is 6.67. The Bertz CT molecular complexity index is 721. The van der Waals surface area contributed by atoms with Gasteiger partial charge in [0.1, 0.15) is 9.52 Å². The molecule has 2 aromatic rings. The first-order valence-corrected chi connectivity index (χ1v) is 12.2. The molecule has 0 saturated carbocycles. The zero-order chi connectivity index (χ0) is 22.4. The van der Waals surface area contributed by atoms with Crippen molar-refractivity contribution < 1.29 is 0 Å². The molecule has 0 bridgehead atoms. The molecule has 0 aliphatic rings. The Morgan fingerprint density at radius 1 is 0.379 bits per heavy atom. The molecule has 0 atom stereocenters. The number of rotatable bonds is 2. The first-order valence-electron chi connectivity index (χ1n) is 11.0. The van der Waals surface area contributed by atoms with Gasteiger partial charge in [0.15, 0.2) is 0 Å². The van der Waals surface area contributed by atoms with E-state index in [2.05, 4.69) is 119 Å². The summed E-state index contributed by atoms with van der Waals surface area (Å²) >= 11 is 0. The van der Waals surface area contributed by atoms with Crippen molar-refractivity contribution in [2.45, 2.75) is 105 Å². The van der Waals surface area contributed by atoms with Crippen LogP contribution >= 0.6 is 0 Å². The molecule has 0 fully saturated rings. The molecule has 0 aliphatic heterocycles. The molecule has 0 amide bonds. The van der Waals surface area contributed by atoms with E-state index in [1.165, 1.54) is 32.6 Å². The Morgan fingerprint density at radius 2 is 0.586 bits per heavy atom. The molecule has 0 N–H and O–H groups in total. The normalized spacial score (nSPS) is 13.7. The molecule has 159 valence electrons. The average Bonchev–Trinajstić information content (AvgIpc) is 2.51. The first kappa shape index (κ1) is 23.9. The van der Waals surface area contributed by atoms with Gasteiger partial charge >= 0.3 is 0 Å².